The zero-order chi connectivity index (χ0) is 18.7. The normalized spacial score (nSPS) is 16.5. The molecule has 1 heterocycles. The van der Waals surface area contributed by atoms with E-state index in [1.807, 2.05) is 35.2 Å². The van der Waals surface area contributed by atoms with Crippen molar-refractivity contribution >= 4 is 29.3 Å². The first-order valence-corrected chi connectivity index (χ1v) is 9.87. The minimum Gasteiger partial charge on any atom is -0.389 e. The van der Waals surface area contributed by atoms with E-state index in [2.05, 4.69) is 11.9 Å². The molecule has 1 atom stereocenters. The predicted molar refractivity (Wildman–Crippen MR) is 106 cm³/mol. The minimum atomic E-state index is -0.628. The van der Waals surface area contributed by atoms with Crippen molar-refractivity contribution in [1.82, 2.24) is 9.80 Å². The Balaban J connectivity index is 1.87. The van der Waals surface area contributed by atoms with Gasteiger partial charge in [-0.2, -0.15) is 0 Å². The van der Waals surface area contributed by atoms with Gasteiger partial charge in [0.15, 0.2) is 0 Å². The van der Waals surface area contributed by atoms with Crippen LogP contribution in [0.5, 0.6) is 0 Å². The van der Waals surface area contributed by atoms with Gasteiger partial charge in [0, 0.05) is 41.0 Å². The van der Waals surface area contributed by atoms with E-state index in [0.717, 1.165) is 41.5 Å². The molecule has 3 rings (SSSR count). The molecule has 138 valence electrons. The summed E-state index contributed by atoms with van der Waals surface area (Å²) in [6.07, 6.45) is -0.628. The number of hydrogen-bond acceptors (Lipinski definition) is 4. The smallest absolute Gasteiger partial charge is 0.255 e. The number of halogens is 1. The van der Waals surface area contributed by atoms with Crippen LogP contribution in [0.15, 0.2) is 52.3 Å². The van der Waals surface area contributed by atoms with Crippen molar-refractivity contribution in [3.05, 3.63) is 58.6 Å². The van der Waals surface area contributed by atoms with Crippen molar-refractivity contribution in [2.45, 2.75) is 22.8 Å². The SMILES string of the molecule is C[C@H](O)c1cc(Cl)ccc1Sc1ccccc1C(=O)N1CCN(C)CC1. The average Bonchev–Trinajstić information content (AvgIpc) is 2.63. The second-order valence-electron chi connectivity index (χ2n) is 6.55. The van der Waals surface area contributed by atoms with Crippen LogP contribution >= 0.6 is 23.4 Å². The first-order valence-electron chi connectivity index (χ1n) is 8.68. The van der Waals surface area contributed by atoms with Gasteiger partial charge in [-0.1, -0.05) is 35.5 Å². The molecule has 1 amide bonds. The second kappa shape index (κ2) is 8.44. The van der Waals surface area contributed by atoms with Crippen LogP contribution < -0.4 is 0 Å². The Bertz CT molecular complexity index is 789. The van der Waals surface area contributed by atoms with E-state index < -0.39 is 6.10 Å². The molecular formula is C20H23ClN2O2S. The van der Waals surface area contributed by atoms with Crippen molar-refractivity contribution < 1.29 is 9.90 Å². The molecule has 0 radical (unpaired) electrons. The van der Waals surface area contributed by atoms with Gasteiger partial charge in [0.05, 0.1) is 11.7 Å². The number of amides is 1. The number of carbonyl (C=O) groups is 1. The molecule has 0 saturated carbocycles. The van der Waals surface area contributed by atoms with E-state index >= 15 is 0 Å². The summed E-state index contributed by atoms with van der Waals surface area (Å²) in [6.45, 7) is 4.99. The molecule has 6 heteroatoms. The zero-order valence-corrected chi connectivity index (χ0v) is 16.6. The van der Waals surface area contributed by atoms with Gasteiger partial charge in [-0.25, -0.2) is 0 Å². The third kappa shape index (κ3) is 4.41. The molecule has 1 fully saturated rings. The number of hydrogen-bond donors (Lipinski definition) is 1. The summed E-state index contributed by atoms with van der Waals surface area (Å²) < 4.78 is 0. The summed E-state index contributed by atoms with van der Waals surface area (Å²) >= 11 is 7.57. The first kappa shape index (κ1) is 19.2. The van der Waals surface area contributed by atoms with E-state index in [9.17, 15) is 9.90 Å². The third-order valence-electron chi connectivity index (χ3n) is 4.55. The van der Waals surface area contributed by atoms with Gasteiger partial charge in [0.2, 0.25) is 0 Å². The Kier molecular flexibility index (Phi) is 6.24. The van der Waals surface area contributed by atoms with Gasteiger partial charge in [-0.15, -0.1) is 0 Å². The van der Waals surface area contributed by atoms with Crippen LogP contribution in [0.4, 0.5) is 0 Å². The lowest BCUT2D eigenvalue weighted by atomic mass is 10.1. The van der Waals surface area contributed by atoms with E-state index in [0.29, 0.717) is 10.6 Å². The minimum absolute atomic E-state index is 0.0637. The van der Waals surface area contributed by atoms with Gasteiger partial charge in [-0.05, 0) is 49.9 Å². The molecule has 1 aliphatic heterocycles. The van der Waals surface area contributed by atoms with E-state index in [1.54, 1.807) is 19.1 Å². The van der Waals surface area contributed by atoms with Crippen LogP contribution in [-0.4, -0.2) is 54.0 Å². The molecule has 0 bridgehead atoms. The molecule has 2 aromatic rings. The molecular weight excluding hydrogens is 368 g/mol. The molecule has 26 heavy (non-hydrogen) atoms. The topological polar surface area (TPSA) is 43.8 Å². The molecule has 0 unspecified atom stereocenters. The highest BCUT2D eigenvalue weighted by Crippen LogP contribution is 2.36. The standard InChI is InChI=1S/C20H23ClN2O2S/c1-14(24)17-13-15(21)7-8-19(17)26-18-6-4-3-5-16(18)20(25)23-11-9-22(2)10-12-23/h3-8,13-14,24H,9-12H2,1-2H3/t14-/m0/s1. The molecule has 0 aliphatic carbocycles. The average molecular weight is 391 g/mol. The quantitative estimate of drug-likeness (QED) is 0.858. The maximum atomic E-state index is 13.0. The molecule has 0 aromatic heterocycles. The van der Waals surface area contributed by atoms with Gasteiger partial charge in [0.25, 0.3) is 5.91 Å². The lowest BCUT2D eigenvalue weighted by molar-refractivity contribution is 0.0660. The highest BCUT2D eigenvalue weighted by Gasteiger charge is 2.23. The van der Waals surface area contributed by atoms with Gasteiger partial charge >= 0.3 is 0 Å². The summed E-state index contributed by atoms with van der Waals surface area (Å²) in [5.74, 6) is 0.0637. The summed E-state index contributed by atoms with van der Waals surface area (Å²) in [5.41, 5.74) is 1.47. The maximum absolute atomic E-state index is 13.0. The Morgan fingerprint density at radius 3 is 2.50 bits per heavy atom. The van der Waals surface area contributed by atoms with Crippen LogP contribution in [0.25, 0.3) is 0 Å². The van der Waals surface area contributed by atoms with E-state index in [1.165, 1.54) is 11.8 Å². The molecule has 2 aromatic carbocycles. The predicted octanol–water partition coefficient (Wildman–Crippen LogP) is 3.93. The number of piperazine rings is 1. The second-order valence-corrected chi connectivity index (χ2v) is 8.07. The van der Waals surface area contributed by atoms with Crippen LogP contribution in [0.3, 0.4) is 0 Å². The Hall–Kier alpha value is -1.53. The van der Waals surface area contributed by atoms with Crippen LogP contribution in [0.2, 0.25) is 5.02 Å². The zero-order valence-electron chi connectivity index (χ0n) is 15.0. The van der Waals surface area contributed by atoms with Gasteiger partial charge in [-0.3, -0.25) is 4.79 Å². The van der Waals surface area contributed by atoms with Gasteiger partial charge < -0.3 is 14.9 Å². The van der Waals surface area contributed by atoms with E-state index in [-0.39, 0.29) is 5.91 Å². The number of aliphatic hydroxyl groups excluding tert-OH is 1. The monoisotopic (exact) mass is 390 g/mol. The van der Waals surface area contributed by atoms with Gasteiger partial charge in [0.1, 0.15) is 0 Å². The lowest BCUT2D eigenvalue weighted by Crippen LogP contribution is -2.47. The van der Waals surface area contributed by atoms with E-state index in [4.69, 9.17) is 11.6 Å². The molecule has 1 saturated heterocycles. The summed E-state index contributed by atoms with van der Waals surface area (Å²) in [7, 11) is 2.07. The van der Waals surface area contributed by atoms with Crippen LogP contribution in [0, 0.1) is 0 Å². The Labute approximate surface area is 163 Å². The Morgan fingerprint density at radius 2 is 1.81 bits per heavy atom. The van der Waals surface area contributed by atoms with Crippen molar-refractivity contribution in [1.29, 1.82) is 0 Å². The maximum Gasteiger partial charge on any atom is 0.255 e. The number of carbonyl (C=O) groups excluding carboxylic acids is 1. The van der Waals surface area contributed by atoms with Crippen molar-refractivity contribution in [2.24, 2.45) is 0 Å². The lowest BCUT2D eigenvalue weighted by Gasteiger charge is -2.32. The number of rotatable bonds is 4. The molecule has 0 spiro atoms. The highest BCUT2D eigenvalue weighted by atomic mass is 35.5. The number of aliphatic hydroxyl groups is 1. The number of benzene rings is 2. The first-order chi connectivity index (χ1) is 12.5. The fraction of sp³-hybridized carbons (Fsp3) is 0.350. The largest absolute Gasteiger partial charge is 0.389 e. The molecule has 4 nitrogen and oxygen atoms in total. The fourth-order valence-corrected chi connectivity index (χ4v) is 4.28. The fourth-order valence-electron chi connectivity index (χ4n) is 2.97. The van der Waals surface area contributed by atoms with Crippen LogP contribution in [0.1, 0.15) is 28.9 Å². The van der Waals surface area contributed by atoms with Crippen molar-refractivity contribution in [3.8, 4) is 0 Å². The summed E-state index contributed by atoms with van der Waals surface area (Å²) in [6, 6.07) is 13.1. The summed E-state index contributed by atoms with van der Waals surface area (Å²) in [5, 5.41) is 10.7. The molecule has 1 aliphatic rings. The Morgan fingerprint density at radius 1 is 1.12 bits per heavy atom. The summed E-state index contributed by atoms with van der Waals surface area (Å²) in [4.78, 5) is 19.0. The van der Waals surface area contributed by atoms with Crippen molar-refractivity contribution in [3.63, 3.8) is 0 Å². The third-order valence-corrected chi connectivity index (χ3v) is 5.95. The molecule has 1 N–H and O–H groups in total. The van der Waals surface area contributed by atoms with Crippen LogP contribution in [-0.2, 0) is 0 Å². The number of nitrogens with zero attached hydrogens (tertiary/aromatic N) is 2. The highest BCUT2D eigenvalue weighted by molar-refractivity contribution is 7.99. The van der Waals surface area contributed by atoms with Crippen molar-refractivity contribution in [2.75, 3.05) is 33.2 Å². The number of likely N-dealkylation sites (N-methyl/N-ethyl adjacent to an activating group) is 1.